The Morgan fingerprint density at radius 1 is 1.19 bits per heavy atom. The van der Waals surface area contributed by atoms with E-state index in [4.69, 9.17) is 4.74 Å². The molecule has 1 fully saturated rings. The Labute approximate surface area is 126 Å². The molecule has 0 saturated heterocycles. The molecule has 2 rings (SSSR count). The Balaban J connectivity index is 2.09. The number of aldehydes is 1. The second kappa shape index (κ2) is 6.88. The van der Waals surface area contributed by atoms with Gasteiger partial charge in [0.25, 0.3) is 0 Å². The van der Waals surface area contributed by atoms with Crippen molar-refractivity contribution in [1.82, 2.24) is 0 Å². The third-order valence-electron chi connectivity index (χ3n) is 4.75. The van der Waals surface area contributed by atoms with E-state index >= 15 is 0 Å². The van der Waals surface area contributed by atoms with E-state index in [0.29, 0.717) is 0 Å². The maximum Gasteiger partial charge on any atom is 0.310 e. The van der Waals surface area contributed by atoms with Gasteiger partial charge in [0.05, 0.1) is 5.92 Å². The van der Waals surface area contributed by atoms with Crippen LogP contribution < -0.4 is 0 Å². The van der Waals surface area contributed by atoms with Gasteiger partial charge >= 0.3 is 5.97 Å². The first kappa shape index (κ1) is 15.7. The minimum atomic E-state index is -0.308. The lowest BCUT2D eigenvalue weighted by molar-refractivity contribution is -0.161. The Morgan fingerprint density at radius 3 is 2.43 bits per heavy atom. The lowest BCUT2D eigenvalue weighted by atomic mass is 9.68. The van der Waals surface area contributed by atoms with Crippen LogP contribution in [0.3, 0.4) is 0 Å². The summed E-state index contributed by atoms with van der Waals surface area (Å²) < 4.78 is 5.63. The summed E-state index contributed by atoms with van der Waals surface area (Å²) in [4.78, 5) is 23.9. The van der Waals surface area contributed by atoms with Crippen molar-refractivity contribution in [2.24, 2.45) is 23.7 Å². The fraction of sp³-hybridized carbons (Fsp3) is 0.556. The molecule has 1 saturated carbocycles. The van der Waals surface area contributed by atoms with E-state index in [0.717, 1.165) is 24.7 Å². The summed E-state index contributed by atoms with van der Waals surface area (Å²) in [6.45, 7) is 5.97. The highest BCUT2D eigenvalue weighted by Crippen LogP contribution is 2.39. The van der Waals surface area contributed by atoms with Crippen molar-refractivity contribution in [3.05, 3.63) is 35.9 Å². The number of rotatable bonds is 4. The van der Waals surface area contributed by atoms with Gasteiger partial charge in [-0.2, -0.15) is 0 Å². The van der Waals surface area contributed by atoms with Crippen LogP contribution in [0.1, 0.15) is 45.3 Å². The molecule has 1 aromatic carbocycles. The molecule has 0 amide bonds. The van der Waals surface area contributed by atoms with Crippen molar-refractivity contribution >= 4 is 12.3 Å². The summed E-state index contributed by atoms with van der Waals surface area (Å²) in [5.74, 6) is -0.306. The minimum Gasteiger partial charge on any atom is -0.458 e. The smallest absolute Gasteiger partial charge is 0.310 e. The Hall–Kier alpha value is -1.64. The Kier molecular flexibility index (Phi) is 5.16. The number of ether oxygens (including phenoxy) is 1. The number of carbonyl (C=O) groups is 2. The molecule has 0 heterocycles. The van der Waals surface area contributed by atoms with Crippen molar-refractivity contribution in [3.63, 3.8) is 0 Å². The van der Waals surface area contributed by atoms with Gasteiger partial charge in [-0.1, -0.05) is 44.2 Å². The van der Waals surface area contributed by atoms with Gasteiger partial charge in [-0.3, -0.25) is 4.79 Å². The number of hydrogen-bond acceptors (Lipinski definition) is 3. The molecule has 1 aliphatic rings. The fourth-order valence-corrected chi connectivity index (χ4v) is 3.28. The van der Waals surface area contributed by atoms with Crippen LogP contribution >= 0.6 is 0 Å². The largest absolute Gasteiger partial charge is 0.458 e. The lowest BCUT2D eigenvalue weighted by Crippen LogP contribution is -2.39. The van der Waals surface area contributed by atoms with Crippen molar-refractivity contribution < 1.29 is 14.3 Å². The van der Waals surface area contributed by atoms with Crippen LogP contribution in [-0.4, -0.2) is 12.3 Å². The van der Waals surface area contributed by atoms with E-state index in [-0.39, 0.29) is 35.7 Å². The second-order valence-electron chi connectivity index (χ2n) is 6.26. The predicted octanol–water partition coefficient (Wildman–Crippen LogP) is 3.79. The molecule has 0 aliphatic heterocycles. The van der Waals surface area contributed by atoms with Crippen LogP contribution in [0, 0.1) is 23.7 Å². The minimum absolute atomic E-state index is 0.201. The molecule has 1 aliphatic carbocycles. The molecule has 0 aromatic heterocycles. The summed E-state index contributed by atoms with van der Waals surface area (Å²) in [7, 11) is 0. The molecule has 0 radical (unpaired) electrons. The van der Waals surface area contributed by atoms with Gasteiger partial charge in [-0.15, -0.1) is 0 Å². The lowest BCUT2D eigenvalue weighted by Gasteiger charge is -2.36. The quantitative estimate of drug-likeness (QED) is 0.625. The second-order valence-corrected chi connectivity index (χ2v) is 6.26. The maximum atomic E-state index is 12.5. The molecule has 21 heavy (non-hydrogen) atoms. The molecule has 1 aromatic rings. The van der Waals surface area contributed by atoms with Crippen LogP contribution in [0.15, 0.2) is 30.3 Å². The molecule has 0 bridgehead atoms. The van der Waals surface area contributed by atoms with Gasteiger partial charge in [0.1, 0.15) is 12.4 Å². The van der Waals surface area contributed by atoms with Gasteiger partial charge in [0.2, 0.25) is 0 Å². The van der Waals surface area contributed by atoms with Crippen LogP contribution in [0.4, 0.5) is 0 Å². The number of carbonyl (C=O) groups excluding carboxylic acids is 2. The molecule has 0 spiro atoms. The molecular formula is C18H24O3. The van der Waals surface area contributed by atoms with Crippen molar-refractivity contribution in [3.8, 4) is 0 Å². The van der Waals surface area contributed by atoms with E-state index in [1.165, 1.54) is 0 Å². The third-order valence-corrected chi connectivity index (χ3v) is 4.75. The molecule has 114 valence electrons. The standard InChI is InChI=1S/C18H24O3/c1-12-9-10-13(2)17(16(12)11-19)18(20)21-14(3)15-7-5-4-6-8-15/h4-8,11-14,16-17H,9-10H2,1-3H3. The first-order valence-corrected chi connectivity index (χ1v) is 7.75. The van der Waals surface area contributed by atoms with E-state index in [1.807, 2.05) is 51.1 Å². The van der Waals surface area contributed by atoms with Crippen LogP contribution in [0.2, 0.25) is 0 Å². The Bertz CT molecular complexity index is 482. The average Bonchev–Trinajstić information content (AvgIpc) is 2.49. The fourth-order valence-electron chi connectivity index (χ4n) is 3.28. The molecule has 5 unspecified atom stereocenters. The number of benzene rings is 1. The highest BCUT2D eigenvalue weighted by molar-refractivity contribution is 5.77. The van der Waals surface area contributed by atoms with E-state index in [1.54, 1.807) is 0 Å². The van der Waals surface area contributed by atoms with Crippen LogP contribution in [0.25, 0.3) is 0 Å². The predicted molar refractivity (Wildman–Crippen MR) is 81.6 cm³/mol. The zero-order chi connectivity index (χ0) is 15.4. The highest BCUT2D eigenvalue weighted by atomic mass is 16.5. The van der Waals surface area contributed by atoms with Crippen molar-refractivity contribution in [2.75, 3.05) is 0 Å². The van der Waals surface area contributed by atoms with Gasteiger partial charge in [0.15, 0.2) is 0 Å². The topological polar surface area (TPSA) is 43.4 Å². The molecule has 3 heteroatoms. The van der Waals surface area contributed by atoms with Crippen molar-refractivity contribution in [1.29, 1.82) is 0 Å². The summed E-state index contributed by atoms with van der Waals surface area (Å²) in [6, 6.07) is 9.69. The van der Waals surface area contributed by atoms with Crippen LogP contribution in [-0.2, 0) is 14.3 Å². The summed E-state index contributed by atoms with van der Waals surface area (Å²) >= 11 is 0. The summed E-state index contributed by atoms with van der Waals surface area (Å²) in [6.07, 6.45) is 2.64. The monoisotopic (exact) mass is 288 g/mol. The molecule has 0 N–H and O–H groups in total. The normalized spacial score (nSPS) is 30.4. The van der Waals surface area contributed by atoms with Crippen LogP contribution in [0.5, 0.6) is 0 Å². The SMILES string of the molecule is CC(OC(=O)C1C(C)CCC(C)C1C=O)c1ccccc1. The van der Waals surface area contributed by atoms with Gasteiger partial charge in [0, 0.05) is 5.92 Å². The number of hydrogen-bond donors (Lipinski definition) is 0. The van der Waals surface area contributed by atoms with Gasteiger partial charge < -0.3 is 9.53 Å². The van der Waals surface area contributed by atoms with Crippen molar-refractivity contribution in [2.45, 2.75) is 39.7 Å². The Morgan fingerprint density at radius 2 is 1.81 bits per heavy atom. The molecule has 3 nitrogen and oxygen atoms in total. The first-order chi connectivity index (χ1) is 10.0. The highest BCUT2D eigenvalue weighted by Gasteiger charge is 2.41. The average molecular weight is 288 g/mol. The van der Waals surface area contributed by atoms with E-state index < -0.39 is 0 Å². The van der Waals surface area contributed by atoms with Gasteiger partial charge in [-0.25, -0.2) is 0 Å². The molecular weight excluding hydrogens is 264 g/mol. The first-order valence-electron chi connectivity index (χ1n) is 7.75. The maximum absolute atomic E-state index is 12.5. The van der Waals surface area contributed by atoms with Gasteiger partial charge in [-0.05, 0) is 37.2 Å². The summed E-state index contributed by atoms with van der Waals surface area (Å²) in [5.41, 5.74) is 0.977. The number of esters is 1. The summed E-state index contributed by atoms with van der Waals surface area (Å²) in [5, 5.41) is 0. The van der Waals surface area contributed by atoms with E-state index in [9.17, 15) is 9.59 Å². The van der Waals surface area contributed by atoms with E-state index in [2.05, 4.69) is 0 Å². The zero-order valence-electron chi connectivity index (χ0n) is 13.0. The molecule has 5 atom stereocenters. The zero-order valence-corrected chi connectivity index (χ0v) is 13.0. The third kappa shape index (κ3) is 3.52.